The van der Waals surface area contributed by atoms with E-state index in [1.54, 1.807) is 44.2 Å². The first-order chi connectivity index (χ1) is 10.3. The zero-order chi connectivity index (χ0) is 16.6. The predicted octanol–water partition coefficient (Wildman–Crippen LogP) is 2.34. The summed E-state index contributed by atoms with van der Waals surface area (Å²) in [5.74, 6) is -0.424. The molecule has 5 nitrogen and oxygen atoms in total. The van der Waals surface area contributed by atoms with Gasteiger partial charge in [-0.25, -0.2) is 17.9 Å². The Morgan fingerprint density at radius 2 is 1.91 bits per heavy atom. The number of carbonyl (C=O) groups excluding carboxylic acids is 1. The number of aryl methyl sites for hydroxylation is 1. The summed E-state index contributed by atoms with van der Waals surface area (Å²) in [5, 5.41) is 0. The second-order valence-electron chi connectivity index (χ2n) is 4.76. The number of allylic oxidation sites excluding steroid dienone is 2. The summed E-state index contributed by atoms with van der Waals surface area (Å²) >= 11 is 0. The van der Waals surface area contributed by atoms with E-state index in [2.05, 4.69) is 4.72 Å². The molecule has 0 aliphatic carbocycles. The lowest BCUT2D eigenvalue weighted by molar-refractivity contribution is -0.137. The fraction of sp³-hybridized carbons (Fsp3) is 0.312. The van der Waals surface area contributed by atoms with Gasteiger partial charge in [0.25, 0.3) is 0 Å². The SMILES string of the molecule is CCOC(=O)/C=C/C=C(/C)CNS(=O)(=O)c1ccc(C)cc1. The quantitative estimate of drug-likeness (QED) is 0.475. The Hall–Kier alpha value is -1.92. The van der Waals surface area contributed by atoms with E-state index in [0.717, 1.165) is 11.1 Å². The molecule has 1 N–H and O–H groups in total. The van der Waals surface area contributed by atoms with Crippen molar-refractivity contribution in [1.82, 2.24) is 4.72 Å². The highest BCUT2D eigenvalue weighted by Crippen LogP contribution is 2.10. The van der Waals surface area contributed by atoms with Gasteiger partial charge in [-0.05, 0) is 32.9 Å². The first-order valence-electron chi connectivity index (χ1n) is 6.92. The van der Waals surface area contributed by atoms with Crippen molar-refractivity contribution in [3.8, 4) is 0 Å². The third-order valence-electron chi connectivity index (χ3n) is 2.77. The zero-order valence-corrected chi connectivity index (χ0v) is 13.8. The van der Waals surface area contributed by atoms with Crippen LogP contribution in [0.2, 0.25) is 0 Å². The van der Waals surface area contributed by atoms with Gasteiger partial charge in [0, 0.05) is 12.6 Å². The molecule has 1 aromatic rings. The molecule has 0 unspecified atom stereocenters. The summed E-state index contributed by atoms with van der Waals surface area (Å²) in [6, 6.07) is 6.63. The minimum absolute atomic E-state index is 0.170. The van der Waals surface area contributed by atoms with Crippen LogP contribution >= 0.6 is 0 Å². The van der Waals surface area contributed by atoms with E-state index in [-0.39, 0.29) is 11.4 Å². The van der Waals surface area contributed by atoms with Gasteiger partial charge >= 0.3 is 5.97 Å². The number of ether oxygens (including phenoxy) is 1. The molecule has 0 heterocycles. The highest BCUT2D eigenvalue weighted by atomic mass is 32.2. The molecule has 0 radical (unpaired) electrons. The third kappa shape index (κ3) is 6.24. The Kier molecular flexibility index (Phi) is 7.01. The molecule has 0 bridgehead atoms. The van der Waals surface area contributed by atoms with Crippen LogP contribution in [0.3, 0.4) is 0 Å². The first-order valence-corrected chi connectivity index (χ1v) is 8.40. The number of hydrogen-bond acceptors (Lipinski definition) is 4. The molecule has 0 spiro atoms. The third-order valence-corrected chi connectivity index (χ3v) is 4.19. The Labute approximate surface area is 131 Å². The highest BCUT2D eigenvalue weighted by molar-refractivity contribution is 7.89. The molecule has 0 fully saturated rings. The van der Waals surface area contributed by atoms with Crippen molar-refractivity contribution in [3.05, 3.63) is 53.6 Å². The molecule has 0 saturated heterocycles. The number of rotatable bonds is 7. The lowest BCUT2D eigenvalue weighted by atomic mass is 10.2. The van der Waals surface area contributed by atoms with Crippen molar-refractivity contribution in [2.75, 3.05) is 13.2 Å². The predicted molar refractivity (Wildman–Crippen MR) is 85.9 cm³/mol. The molecule has 22 heavy (non-hydrogen) atoms. The Balaban J connectivity index is 2.60. The average molecular weight is 323 g/mol. The van der Waals surface area contributed by atoms with Crippen LogP contribution < -0.4 is 4.72 Å². The molecule has 1 rings (SSSR count). The van der Waals surface area contributed by atoms with Gasteiger partial charge in [0.05, 0.1) is 11.5 Å². The maximum atomic E-state index is 12.1. The van der Waals surface area contributed by atoms with Crippen LogP contribution in [-0.2, 0) is 19.6 Å². The van der Waals surface area contributed by atoms with Crippen LogP contribution in [0.4, 0.5) is 0 Å². The minimum Gasteiger partial charge on any atom is -0.463 e. The van der Waals surface area contributed by atoms with Crippen LogP contribution in [0.15, 0.2) is 53.0 Å². The van der Waals surface area contributed by atoms with Crippen molar-refractivity contribution in [1.29, 1.82) is 0 Å². The summed E-state index contributed by atoms with van der Waals surface area (Å²) in [5.41, 5.74) is 1.77. The second kappa shape index (κ2) is 8.51. The Morgan fingerprint density at radius 1 is 1.27 bits per heavy atom. The van der Waals surface area contributed by atoms with Gasteiger partial charge in [0.1, 0.15) is 0 Å². The lowest BCUT2D eigenvalue weighted by Gasteiger charge is -2.07. The van der Waals surface area contributed by atoms with Gasteiger partial charge in [-0.1, -0.05) is 35.4 Å². The van der Waals surface area contributed by atoms with Gasteiger partial charge in [-0.3, -0.25) is 0 Å². The average Bonchev–Trinajstić information content (AvgIpc) is 2.46. The lowest BCUT2D eigenvalue weighted by Crippen LogP contribution is -2.25. The molecule has 6 heteroatoms. The standard InChI is InChI=1S/C16H21NO4S/c1-4-21-16(18)7-5-6-14(3)12-17-22(19,20)15-10-8-13(2)9-11-15/h5-11,17H,4,12H2,1-3H3/b7-5+,14-6-. The molecule has 0 saturated carbocycles. The van der Waals surface area contributed by atoms with Crippen molar-refractivity contribution in [2.24, 2.45) is 0 Å². The minimum atomic E-state index is -3.53. The van der Waals surface area contributed by atoms with Crippen LogP contribution in [0, 0.1) is 6.92 Å². The first kappa shape index (κ1) is 18.1. The number of hydrogen-bond donors (Lipinski definition) is 1. The number of carbonyl (C=O) groups is 1. The Morgan fingerprint density at radius 3 is 2.50 bits per heavy atom. The smallest absolute Gasteiger partial charge is 0.330 e. The summed E-state index contributed by atoms with van der Waals surface area (Å²) < 4.78 is 31.4. The Bertz CT molecular complexity index is 658. The van der Waals surface area contributed by atoms with E-state index >= 15 is 0 Å². The summed E-state index contributed by atoms with van der Waals surface area (Å²) in [7, 11) is -3.53. The molecule has 120 valence electrons. The molecule has 0 aliphatic heterocycles. The molecular weight excluding hydrogens is 302 g/mol. The van der Waals surface area contributed by atoms with Gasteiger partial charge < -0.3 is 4.74 Å². The van der Waals surface area contributed by atoms with Crippen molar-refractivity contribution in [3.63, 3.8) is 0 Å². The summed E-state index contributed by atoms with van der Waals surface area (Å²) in [6.07, 6.45) is 4.49. The van der Waals surface area contributed by atoms with E-state index in [9.17, 15) is 13.2 Å². The van der Waals surface area contributed by atoms with Crippen LogP contribution in [0.25, 0.3) is 0 Å². The highest BCUT2D eigenvalue weighted by Gasteiger charge is 2.12. The number of sulfonamides is 1. The van der Waals surface area contributed by atoms with Gasteiger partial charge in [0.2, 0.25) is 10.0 Å². The van der Waals surface area contributed by atoms with Crippen molar-refractivity contribution in [2.45, 2.75) is 25.7 Å². The summed E-state index contributed by atoms with van der Waals surface area (Å²) in [6.45, 7) is 5.89. The fourth-order valence-corrected chi connectivity index (χ4v) is 2.63. The maximum Gasteiger partial charge on any atom is 0.330 e. The fourth-order valence-electron chi connectivity index (χ4n) is 1.55. The van der Waals surface area contributed by atoms with E-state index < -0.39 is 16.0 Å². The van der Waals surface area contributed by atoms with Gasteiger partial charge in [-0.15, -0.1) is 0 Å². The zero-order valence-electron chi connectivity index (χ0n) is 13.0. The maximum absolute atomic E-state index is 12.1. The van der Waals surface area contributed by atoms with Crippen LogP contribution in [0.1, 0.15) is 19.4 Å². The van der Waals surface area contributed by atoms with Crippen LogP contribution in [-0.4, -0.2) is 27.5 Å². The van der Waals surface area contributed by atoms with Gasteiger partial charge in [0.15, 0.2) is 0 Å². The van der Waals surface area contributed by atoms with E-state index in [0.29, 0.717) is 6.61 Å². The molecule has 0 aliphatic rings. The van der Waals surface area contributed by atoms with E-state index in [1.165, 1.54) is 12.2 Å². The van der Waals surface area contributed by atoms with Crippen LogP contribution in [0.5, 0.6) is 0 Å². The van der Waals surface area contributed by atoms with E-state index in [4.69, 9.17) is 4.74 Å². The van der Waals surface area contributed by atoms with Crippen molar-refractivity contribution >= 4 is 16.0 Å². The molecule has 0 amide bonds. The molecule has 1 aromatic carbocycles. The normalized spacial score (nSPS) is 12.6. The van der Waals surface area contributed by atoms with Gasteiger partial charge in [-0.2, -0.15) is 0 Å². The topological polar surface area (TPSA) is 72.5 Å². The second-order valence-corrected chi connectivity index (χ2v) is 6.53. The largest absolute Gasteiger partial charge is 0.463 e. The number of nitrogens with one attached hydrogen (secondary N) is 1. The number of benzene rings is 1. The molecular formula is C16H21NO4S. The molecule has 0 aromatic heterocycles. The number of esters is 1. The van der Waals surface area contributed by atoms with Crippen molar-refractivity contribution < 1.29 is 17.9 Å². The molecule has 0 atom stereocenters. The summed E-state index contributed by atoms with van der Waals surface area (Å²) in [4.78, 5) is 11.3. The van der Waals surface area contributed by atoms with E-state index in [1.807, 2.05) is 6.92 Å². The monoisotopic (exact) mass is 323 g/mol.